The SMILES string of the molecule is Cc1cc(OCC2(CS)CCCC2)ccc1Br. The van der Waals surface area contributed by atoms with E-state index >= 15 is 0 Å². The van der Waals surface area contributed by atoms with Crippen molar-refractivity contribution in [3.05, 3.63) is 28.2 Å². The molecule has 0 amide bonds. The molecule has 1 aliphatic carbocycles. The molecule has 0 N–H and O–H groups in total. The van der Waals surface area contributed by atoms with E-state index in [0.29, 0.717) is 5.41 Å². The highest BCUT2D eigenvalue weighted by atomic mass is 79.9. The first-order valence-corrected chi connectivity index (χ1v) is 7.58. The average molecular weight is 315 g/mol. The summed E-state index contributed by atoms with van der Waals surface area (Å²) >= 11 is 8.00. The van der Waals surface area contributed by atoms with Gasteiger partial charge in [-0.3, -0.25) is 0 Å². The molecule has 1 aromatic carbocycles. The number of hydrogen-bond acceptors (Lipinski definition) is 2. The number of ether oxygens (including phenoxy) is 1. The summed E-state index contributed by atoms with van der Waals surface area (Å²) in [7, 11) is 0. The molecule has 1 fully saturated rings. The molecule has 3 heteroatoms. The van der Waals surface area contributed by atoms with Crippen molar-refractivity contribution in [3.63, 3.8) is 0 Å². The Balaban J connectivity index is 1.99. The van der Waals surface area contributed by atoms with Gasteiger partial charge in [0, 0.05) is 9.89 Å². The van der Waals surface area contributed by atoms with E-state index in [1.165, 1.54) is 31.2 Å². The lowest BCUT2D eigenvalue weighted by Gasteiger charge is -2.26. The van der Waals surface area contributed by atoms with Gasteiger partial charge in [-0.2, -0.15) is 12.6 Å². The van der Waals surface area contributed by atoms with Gasteiger partial charge in [-0.25, -0.2) is 0 Å². The van der Waals surface area contributed by atoms with Crippen molar-refractivity contribution in [3.8, 4) is 5.75 Å². The predicted molar refractivity (Wildman–Crippen MR) is 79.1 cm³/mol. The van der Waals surface area contributed by atoms with Crippen molar-refractivity contribution in [2.75, 3.05) is 12.4 Å². The Hall–Kier alpha value is -0.150. The molecule has 1 nitrogen and oxygen atoms in total. The molecule has 0 aliphatic heterocycles. The van der Waals surface area contributed by atoms with Gasteiger partial charge >= 0.3 is 0 Å². The summed E-state index contributed by atoms with van der Waals surface area (Å²) in [6, 6.07) is 6.16. The number of hydrogen-bond donors (Lipinski definition) is 1. The lowest BCUT2D eigenvalue weighted by Crippen LogP contribution is -2.27. The van der Waals surface area contributed by atoms with Crippen molar-refractivity contribution < 1.29 is 4.74 Å². The number of rotatable bonds is 4. The summed E-state index contributed by atoms with van der Waals surface area (Å²) in [5.74, 6) is 1.90. The summed E-state index contributed by atoms with van der Waals surface area (Å²) in [5, 5.41) is 0. The normalized spacial score (nSPS) is 18.3. The topological polar surface area (TPSA) is 9.23 Å². The minimum Gasteiger partial charge on any atom is -0.493 e. The highest BCUT2D eigenvalue weighted by Crippen LogP contribution is 2.39. The van der Waals surface area contributed by atoms with Crippen molar-refractivity contribution in [1.82, 2.24) is 0 Å². The smallest absolute Gasteiger partial charge is 0.119 e. The van der Waals surface area contributed by atoms with Crippen LogP contribution in [0, 0.1) is 12.3 Å². The van der Waals surface area contributed by atoms with E-state index in [0.717, 1.165) is 22.6 Å². The van der Waals surface area contributed by atoms with E-state index in [9.17, 15) is 0 Å². The monoisotopic (exact) mass is 314 g/mol. The molecule has 1 saturated carbocycles. The Morgan fingerprint density at radius 3 is 2.65 bits per heavy atom. The second kappa shape index (κ2) is 5.66. The van der Waals surface area contributed by atoms with Gasteiger partial charge in [-0.05, 0) is 49.3 Å². The van der Waals surface area contributed by atoms with Gasteiger partial charge in [-0.1, -0.05) is 28.8 Å². The van der Waals surface area contributed by atoms with Gasteiger partial charge in [-0.15, -0.1) is 0 Å². The minimum atomic E-state index is 0.310. The third-order valence-electron chi connectivity index (χ3n) is 3.67. The molecule has 94 valence electrons. The summed E-state index contributed by atoms with van der Waals surface area (Å²) in [4.78, 5) is 0. The number of benzene rings is 1. The van der Waals surface area contributed by atoms with E-state index in [1.807, 2.05) is 12.1 Å². The minimum absolute atomic E-state index is 0.310. The van der Waals surface area contributed by atoms with Crippen LogP contribution in [0.15, 0.2) is 22.7 Å². The van der Waals surface area contributed by atoms with Crippen LogP contribution in [0.1, 0.15) is 31.2 Å². The average Bonchev–Trinajstić information content (AvgIpc) is 2.80. The van der Waals surface area contributed by atoms with Gasteiger partial charge in [0.2, 0.25) is 0 Å². The predicted octanol–water partition coefficient (Wildman–Crippen LogP) is 4.63. The lowest BCUT2D eigenvalue weighted by molar-refractivity contribution is 0.173. The van der Waals surface area contributed by atoms with Gasteiger partial charge < -0.3 is 4.74 Å². The van der Waals surface area contributed by atoms with Crippen LogP contribution in [-0.2, 0) is 0 Å². The summed E-state index contributed by atoms with van der Waals surface area (Å²) in [6.45, 7) is 2.89. The fourth-order valence-corrected chi connectivity index (χ4v) is 3.07. The zero-order valence-corrected chi connectivity index (χ0v) is 12.7. The van der Waals surface area contributed by atoms with Crippen molar-refractivity contribution >= 4 is 28.6 Å². The third-order valence-corrected chi connectivity index (χ3v) is 5.23. The highest BCUT2D eigenvalue weighted by molar-refractivity contribution is 9.10. The first-order valence-electron chi connectivity index (χ1n) is 6.15. The Morgan fingerprint density at radius 2 is 2.06 bits per heavy atom. The zero-order valence-electron chi connectivity index (χ0n) is 10.2. The zero-order chi connectivity index (χ0) is 12.3. The first kappa shape index (κ1) is 13.3. The maximum Gasteiger partial charge on any atom is 0.119 e. The second-order valence-electron chi connectivity index (χ2n) is 5.06. The fourth-order valence-electron chi connectivity index (χ4n) is 2.42. The standard InChI is InChI=1S/C14H19BrOS/c1-11-8-12(4-5-13(11)15)16-9-14(10-17)6-2-3-7-14/h4-5,8,17H,2-3,6-7,9-10H2,1H3. The molecule has 0 bridgehead atoms. The summed E-state index contributed by atoms with van der Waals surface area (Å²) < 4.78 is 7.08. The molecule has 1 aromatic rings. The fraction of sp³-hybridized carbons (Fsp3) is 0.571. The Labute approximate surface area is 117 Å². The number of thiol groups is 1. The molecule has 0 saturated heterocycles. The van der Waals surface area contributed by atoms with Crippen LogP contribution in [0.5, 0.6) is 5.75 Å². The Kier molecular flexibility index (Phi) is 4.42. The van der Waals surface area contributed by atoms with Crippen LogP contribution < -0.4 is 4.74 Å². The van der Waals surface area contributed by atoms with Crippen LogP contribution in [0.2, 0.25) is 0 Å². The summed E-state index contributed by atoms with van der Waals surface area (Å²) in [5.41, 5.74) is 1.53. The number of halogens is 1. The Bertz CT molecular complexity index is 386. The first-order chi connectivity index (χ1) is 8.15. The molecular weight excluding hydrogens is 296 g/mol. The quantitative estimate of drug-likeness (QED) is 0.797. The Morgan fingerprint density at radius 1 is 1.35 bits per heavy atom. The van der Waals surface area contributed by atoms with Gasteiger partial charge in [0.25, 0.3) is 0 Å². The third kappa shape index (κ3) is 3.19. The maximum atomic E-state index is 5.95. The second-order valence-corrected chi connectivity index (χ2v) is 6.24. The van der Waals surface area contributed by atoms with E-state index in [1.54, 1.807) is 0 Å². The number of aryl methyl sites for hydroxylation is 1. The van der Waals surface area contributed by atoms with Crippen LogP contribution >= 0.6 is 28.6 Å². The van der Waals surface area contributed by atoms with Crippen LogP contribution in [0.3, 0.4) is 0 Å². The molecular formula is C14H19BrOS. The molecule has 1 aliphatic rings. The van der Waals surface area contributed by atoms with Crippen molar-refractivity contribution in [2.24, 2.45) is 5.41 Å². The lowest BCUT2D eigenvalue weighted by atomic mass is 9.90. The molecule has 0 spiro atoms. The van der Waals surface area contributed by atoms with E-state index < -0.39 is 0 Å². The molecule has 0 aromatic heterocycles. The van der Waals surface area contributed by atoms with Crippen molar-refractivity contribution in [1.29, 1.82) is 0 Å². The maximum absolute atomic E-state index is 5.95. The van der Waals surface area contributed by atoms with E-state index in [4.69, 9.17) is 4.74 Å². The largest absolute Gasteiger partial charge is 0.493 e. The van der Waals surface area contributed by atoms with Gasteiger partial charge in [0.05, 0.1) is 6.61 Å². The van der Waals surface area contributed by atoms with Crippen LogP contribution in [-0.4, -0.2) is 12.4 Å². The van der Waals surface area contributed by atoms with Crippen LogP contribution in [0.25, 0.3) is 0 Å². The molecule has 0 radical (unpaired) electrons. The highest BCUT2D eigenvalue weighted by Gasteiger charge is 2.33. The summed E-state index contributed by atoms with van der Waals surface area (Å²) in [6.07, 6.45) is 5.16. The van der Waals surface area contributed by atoms with E-state index in [2.05, 4.69) is 41.5 Å². The molecule has 0 heterocycles. The van der Waals surface area contributed by atoms with Crippen molar-refractivity contribution in [2.45, 2.75) is 32.6 Å². The molecule has 17 heavy (non-hydrogen) atoms. The molecule has 0 atom stereocenters. The van der Waals surface area contributed by atoms with Gasteiger partial charge in [0.1, 0.15) is 5.75 Å². The van der Waals surface area contributed by atoms with Crippen LogP contribution in [0.4, 0.5) is 0 Å². The van der Waals surface area contributed by atoms with E-state index in [-0.39, 0.29) is 0 Å². The molecule has 2 rings (SSSR count). The van der Waals surface area contributed by atoms with Gasteiger partial charge in [0.15, 0.2) is 0 Å². The molecule has 0 unspecified atom stereocenters.